The van der Waals surface area contributed by atoms with Crippen molar-refractivity contribution in [1.29, 1.82) is 0 Å². The summed E-state index contributed by atoms with van der Waals surface area (Å²) >= 11 is 5.26. The SMILES string of the molecule is C=CCN(CC=C)C(=S)N/N=C\c1ccccc1C. The standard InChI is InChI=1S/C15H19N3S/c1-4-10-18(11-5-2)15(19)17-16-12-14-9-7-6-8-13(14)3/h4-9,12H,1-2,10-11H2,3H3,(H,17,19)/b16-12-. The first-order valence-corrected chi connectivity index (χ1v) is 6.45. The van der Waals surface area contributed by atoms with E-state index in [2.05, 4.69) is 23.7 Å². The van der Waals surface area contributed by atoms with Gasteiger partial charge in [-0.2, -0.15) is 5.10 Å². The van der Waals surface area contributed by atoms with E-state index in [-0.39, 0.29) is 0 Å². The van der Waals surface area contributed by atoms with Crippen LogP contribution in [0.15, 0.2) is 54.7 Å². The Morgan fingerprint density at radius 1 is 1.32 bits per heavy atom. The van der Waals surface area contributed by atoms with E-state index in [0.717, 1.165) is 5.56 Å². The van der Waals surface area contributed by atoms with Crippen LogP contribution in [0.2, 0.25) is 0 Å². The maximum atomic E-state index is 5.26. The molecule has 0 bridgehead atoms. The summed E-state index contributed by atoms with van der Waals surface area (Å²) in [5, 5.41) is 4.72. The number of aryl methyl sites for hydroxylation is 1. The van der Waals surface area contributed by atoms with Gasteiger partial charge < -0.3 is 4.90 Å². The van der Waals surface area contributed by atoms with Crippen molar-refractivity contribution in [3.8, 4) is 0 Å². The molecule has 3 nitrogen and oxygen atoms in total. The third-order valence-corrected chi connectivity index (χ3v) is 2.89. The molecule has 0 aliphatic rings. The largest absolute Gasteiger partial charge is 0.340 e. The Kier molecular flexibility index (Phi) is 6.53. The summed E-state index contributed by atoms with van der Waals surface area (Å²) in [6.45, 7) is 10.8. The molecule has 1 aromatic carbocycles. The molecule has 0 saturated carbocycles. The van der Waals surface area contributed by atoms with E-state index < -0.39 is 0 Å². The molecule has 0 aliphatic heterocycles. The summed E-state index contributed by atoms with van der Waals surface area (Å²) in [6.07, 6.45) is 5.35. The molecule has 100 valence electrons. The van der Waals surface area contributed by atoms with Crippen LogP contribution < -0.4 is 5.43 Å². The minimum Gasteiger partial charge on any atom is -0.340 e. The molecule has 4 heteroatoms. The maximum absolute atomic E-state index is 5.26. The smallest absolute Gasteiger partial charge is 0.190 e. The summed E-state index contributed by atoms with van der Waals surface area (Å²) in [4.78, 5) is 1.92. The van der Waals surface area contributed by atoms with Crippen molar-refractivity contribution in [2.24, 2.45) is 5.10 Å². The summed E-state index contributed by atoms with van der Waals surface area (Å²) in [5.74, 6) is 0. The second kappa shape index (κ2) is 8.21. The summed E-state index contributed by atoms with van der Waals surface area (Å²) < 4.78 is 0. The second-order valence-electron chi connectivity index (χ2n) is 4.01. The quantitative estimate of drug-likeness (QED) is 0.374. The van der Waals surface area contributed by atoms with Crippen LogP contribution in [0.5, 0.6) is 0 Å². The first-order chi connectivity index (χ1) is 9.19. The number of nitrogens with one attached hydrogen (secondary N) is 1. The number of rotatable bonds is 6. The van der Waals surface area contributed by atoms with E-state index in [4.69, 9.17) is 12.2 Å². The molecular formula is C15H19N3S. The normalized spacial score (nSPS) is 10.2. The van der Waals surface area contributed by atoms with Gasteiger partial charge >= 0.3 is 0 Å². The van der Waals surface area contributed by atoms with Gasteiger partial charge in [0.2, 0.25) is 0 Å². The van der Waals surface area contributed by atoms with E-state index >= 15 is 0 Å². The highest BCUT2D eigenvalue weighted by atomic mass is 32.1. The third-order valence-electron chi connectivity index (χ3n) is 2.54. The number of benzene rings is 1. The van der Waals surface area contributed by atoms with Crippen LogP contribution in [-0.2, 0) is 0 Å². The van der Waals surface area contributed by atoms with Crippen LogP contribution in [0.25, 0.3) is 0 Å². The van der Waals surface area contributed by atoms with Crippen molar-refractivity contribution >= 4 is 23.5 Å². The monoisotopic (exact) mass is 273 g/mol. The summed E-state index contributed by atoms with van der Waals surface area (Å²) in [6, 6.07) is 8.03. The molecule has 1 rings (SSSR count). The lowest BCUT2D eigenvalue weighted by atomic mass is 10.1. The molecule has 0 radical (unpaired) electrons. The molecule has 0 aromatic heterocycles. The minimum atomic E-state index is 0.560. The van der Waals surface area contributed by atoms with Crippen LogP contribution in [0, 0.1) is 6.92 Å². The lowest BCUT2D eigenvalue weighted by molar-refractivity contribution is 0.504. The number of thiocarbonyl (C=S) groups is 1. The number of hydrazone groups is 1. The lowest BCUT2D eigenvalue weighted by Crippen LogP contribution is -2.37. The molecule has 0 aliphatic carbocycles. The van der Waals surface area contributed by atoms with Crippen LogP contribution in [0.3, 0.4) is 0 Å². The fourth-order valence-corrected chi connectivity index (χ4v) is 1.71. The van der Waals surface area contributed by atoms with Crippen molar-refractivity contribution in [1.82, 2.24) is 10.3 Å². The number of hydrogen-bond donors (Lipinski definition) is 1. The van der Waals surface area contributed by atoms with E-state index in [1.54, 1.807) is 18.4 Å². The molecule has 0 atom stereocenters. The van der Waals surface area contributed by atoms with Crippen molar-refractivity contribution in [3.05, 3.63) is 60.7 Å². The van der Waals surface area contributed by atoms with E-state index in [0.29, 0.717) is 18.2 Å². The zero-order valence-corrected chi connectivity index (χ0v) is 12.0. The van der Waals surface area contributed by atoms with E-state index in [1.807, 2.05) is 36.1 Å². The first-order valence-electron chi connectivity index (χ1n) is 6.04. The Labute approximate surface area is 120 Å². The average molecular weight is 273 g/mol. The Hall–Kier alpha value is -1.94. The molecule has 0 amide bonds. The predicted octanol–water partition coefficient (Wildman–Crippen LogP) is 2.88. The average Bonchev–Trinajstić information content (AvgIpc) is 2.40. The van der Waals surface area contributed by atoms with Crippen molar-refractivity contribution in [2.45, 2.75) is 6.92 Å². The van der Waals surface area contributed by atoms with Crippen molar-refractivity contribution < 1.29 is 0 Å². The van der Waals surface area contributed by atoms with Crippen LogP contribution in [-0.4, -0.2) is 29.3 Å². The van der Waals surface area contributed by atoms with Crippen LogP contribution >= 0.6 is 12.2 Å². The van der Waals surface area contributed by atoms with Gasteiger partial charge in [0.05, 0.1) is 6.21 Å². The highest BCUT2D eigenvalue weighted by molar-refractivity contribution is 7.80. The van der Waals surface area contributed by atoms with E-state index in [1.165, 1.54) is 5.56 Å². The van der Waals surface area contributed by atoms with Gasteiger partial charge in [-0.15, -0.1) is 13.2 Å². The summed E-state index contributed by atoms with van der Waals surface area (Å²) in [5.41, 5.74) is 5.10. The Bertz CT molecular complexity index is 470. The molecule has 0 fully saturated rings. The Morgan fingerprint density at radius 2 is 1.95 bits per heavy atom. The highest BCUT2D eigenvalue weighted by Gasteiger charge is 2.04. The molecular weight excluding hydrogens is 254 g/mol. The molecule has 0 heterocycles. The topological polar surface area (TPSA) is 27.6 Å². The van der Waals surface area contributed by atoms with Gasteiger partial charge in [-0.05, 0) is 30.3 Å². The van der Waals surface area contributed by atoms with Gasteiger partial charge in [0.1, 0.15) is 0 Å². The molecule has 1 aromatic rings. The number of nitrogens with zero attached hydrogens (tertiary/aromatic N) is 2. The molecule has 1 N–H and O–H groups in total. The fourth-order valence-electron chi connectivity index (χ4n) is 1.51. The third kappa shape index (κ3) is 5.06. The van der Waals surface area contributed by atoms with Crippen molar-refractivity contribution in [2.75, 3.05) is 13.1 Å². The first kappa shape index (κ1) is 15.1. The van der Waals surface area contributed by atoms with Gasteiger partial charge in [0, 0.05) is 13.1 Å². The molecule has 19 heavy (non-hydrogen) atoms. The van der Waals surface area contributed by atoms with Gasteiger partial charge in [-0.1, -0.05) is 36.4 Å². The fraction of sp³-hybridized carbons (Fsp3) is 0.200. The Morgan fingerprint density at radius 3 is 2.53 bits per heavy atom. The maximum Gasteiger partial charge on any atom is 0.190 e. The lowest BCUT2D eigenvalue weighted by Gasteiger charge is -2.20. The second-order valence-corrected chi connectivity index (χ2v) is 4.40. The van der Waals surface area contributed by atoms with Gasteiger partial charge in [0.25, 0.3) is 0 Å². The molecule has 0 unspecified atom stereocenters. The summed E-state index contributed by atoms with van der Waals surface area (Å²) in [7, 11) is 0. The zero-order chi connectivity index (χ0) is 14.1. The number of hydrogen-bond acceptors (Lipinski definition) is 2. The highest BCUT2D eigenvalue weighted by Crippen LogP contribution is 2.03. The van der Waals surface area contributed by atoms with Gasteiger partial charge in [0.15, 0.2) is 5.11 Å². The zero-order valence-electron chi connectivity index (χ0n) is 11.2. The molecule has 0 saturated heterocycles. The van der Waals surface area contributed by atoms with Crippen LogP contribution in [0.4, 0.5) is 0 Å². The van der Waals surface area contributed by atoms with Crippen molar-refractivity contribution in [3.63, 3.8) is 0 Å². The van der Waals surface area contributed by atoms with Gasteiger partial charge in [-0.25, -0.2) is 0 Å². The minimum absolute atomic E-state index is 0.560. The van der Waals surface area contributed by atoms with E-state index in [9.17, 15) is 0 Å². The molecule has 0 spiro atoms. The van der Waals surface area contributed by atoms with Crippen LogP contribution in [0.1, 0.15) is 11.1 Å². The van der Waals surface area contributed by atoms with Gasteiger partial charge in [-0.3, -0.25) is 5.43 Å². The predicted molar refractivity (Wildman–Crippen MR) is 86.5 cm³/mol. The Balaban J connectivity index is 2.59.